The first kappa shape index (κ1) is 19.8. The van der Waals surface area contributed by atoms with Crippen LogP contribution >= 0.6 is 0 Å². The lowest BCUT2D eigenvalue weighted by Crippen LogP contribution is -2.55. The normalized spacial score (nSPS) is 25.8. The number of aromatic hydroxyl groups is 1. The Labute approximate surface area is 182 Å². The molecule has 3 fully saturated rings. The number of benzene rings is 2. The van der Waals surface area contributed by atoms with Crippen molar-refractivity contribution in [3.63, 3.8) is 0 Å². The van der Waals surface area contributed by atoms with Crippen LogP contribution in [-0.2, 0) is 4.74 Å². The maximum absolute atomic E-state index is 13.1. The molecule has 5 heteroatoms. The largest absolute Gasteiger partial charge is 0.508 e. The van der Waals surface area contributed by atoms with Crippen LogP contribution in [0, 0.1) is 11.8 Å². The monoisotopic (exact) mass is 414 g/mol. The number of piperidine rings is 3. The Hall–Kier alpha value is -3.18. The fourth-order valence-corrected chi connectivity index (χ4v) is 5.20. The molecule has 0 spiro atoms. The summed E-state index contributed by atoms with van der Waals surface area (Å²) in [5.41, 5.74) is 2.20. The third-order valence-corrected chi connectivity index (χ3v) is 6.81. The molecule has 3 saturated heterocycles. The van der Waals surface area contributed by atoms with Crippen molar-refractivity contribution in [1.82, 2.24) is 9.88 Å². The fraction of sp³-hybridized carbons (Fsp3) is 0.308. The third-order valence-electron chi connectivity index (χ3n) is 6.81. The Balaban J connectivity index is 1.56. The van der Waals surface area contributed by atoms with E-state index in [1.54, 1.807) is 36.5 Å². The van der Waals surface area contributed by atoms with Gasteiger partial charge in [-0.25, -0.2) is 4.79 Å². The van der Waals surface area contributed by atoms with Crippen LogP contribution in [0.1, 0.15) is 34.9 Å². The third kappa shape index (κ3) is 3.70. The molecule has 3 aliphatic rings. The number of rotatable bonds is 5. The Kier molecular flexibility index (Phi) is 5.20. The second kappa shape index (κ2) is 8.16. The number of pyridine rings is 1. The molecule has 6 rings (SSSR count). The van der Waals surface area contributed by atoms with Gasteiger partial charge >= 0.3 is 5.97 Å². The smallest absolute Gasteiger partial charge is 0.338 e. The zero-order chi connectivity index (χ0) is 21.4. The van der Waals surface area contributed by atoms with Crippen molar-refractivity contribution in [2.24, 2.45) is 11.8 Å². The summed E-state index contributed by atoms with van der Waals surface area (Å²) in [6, 6.07) is 16.2. The Morgan fingerprint density at radius 1 is 1.23 bits per heavy atom. The first-order valence-electron chi connectivity index (χ1n) is 10.8. The lowest BCUT2D eigenvalue weighted by Gasteiger charge is -2.51. The molecule has 1 aromatic heterocycles. The number of nitrogens with zero attached hydrogens (tertiary/aromatic N) is 2. The molecule has 0 aliphatic carbocycles. The molecular formula is C26H26N2O3. The van der Waals surface area contributed by atoms with Crippen LogP contribution in [-0.4, -0.2) is 40.1 Å². The molecule has 4 heterocycles. The topological polar surface area (TPSA) is 62.7 Å². The number of fused-ring (bicyclic) bond motifs is 4. The average Bonchev–Trinajstić information content (AvgIpc) is 2.83. The summed E-state index contributed by atoms with van der Waals surface area (Å²) in [7, 11) is 0. The standard InChI is InChI=1S/C26H26N2O3/c1-2-17-16-28-13-11-19(17)14-24(28)25(31-26(30)18-6-4-3-5-7-18)21-10-12-27-23-9-8-20(29)15-22(21)23/h2-10,12,15,17,19,24-25,29H,1,11,13-14,16H2/t17-,19-,24?,25+/m0/s1. The Morgan fingerprint density at radius 3 is 2.81 bits per heavy atom. The van der Waals surface area contributed by atoms with Gasteiger partial charge in [-0.1, -0.05) is 24.3 Å². The second-order valence-corrected chi connectivity index (χ2v) is 8.54. The fourth-order valence-electron chi connectivity index (χ4n) is 5.20. The van der Waals surface area contributed by atoms with Gasteiger partial charge in [-0.05, 0) is 67.6 Å². The molecule has 2 bridgehead atoms. The van der Waals surface area contributed by atoms with Crippen LogP contribution in [0.15, 0.2) is 73.4 Å². The summed E-state index contributed by atoms with van der Waals surface area (Å²) >= 11 is 0. The minimum Gasteiger partial charge on any atom is -0.508 e. The van der Waals surface area contributed by atoms with Crippen LogP contribution in [0.2, 0.25) is 0 Å². The van der Waals surface area contributed by atoms with Crippen molar-refractivity contribution in [3.05, 3.63) is 84.6 Å². The molecule has 5 atom stereocenters. The molecule has 3 aromatic rings. The second-order valence-electron chi connectivity index (χ2n) is 8.54. The first-order chi connectivity index (χ1) is 15.1. The number of carbonyl (C=O) groups excluding carboxylic acids is 1. The van der Waals surface area contributed by atoms with Crippen LogP contribution in [0.3, 0.4) is 0 Å². The van der Waals surface area contributed by atoms with Crippen molar-refractivity contribution in [2.45, 2.75) is 25.0 Å². The highest BCUT2D eigenvalue weighted by molar-refractivity contribution is 5.90. The van der Waals surface area contributed by atoms with E-state index in [-0.39, 0.29) is 17.8 Å². The van der Waals surface area contributed by atoms with Gasteiger partial charge in [-0.15, -0.1) is 6.58 Å². The van der Waals surface area contributed by atoms with Gasteiger partial charge in [0.25, 0.3) is 0 Å². The first-order valence-corrected chi connectivity index (χ1v) is 10.8. The average molecular weight is 415 g/mol. The van der Waals surface area contributed by atoms with Gasteiger partial charge in [0, 0.05) is 23.7 Å². The molecule has 0 radical (unpaired) electrons. The maximum atomic E-state index is 13.1. The summed E-state index contributed by atoms with van der Waals surface area (Å²) < 4.78 is 6.22. The van der Waals surface area contributed by atoms with Gasteiger partial charge in [0.15, 0.2) is 0 Å². The summed E-state index contributed by atoms with van der Waals surface area (Å²) in [5, 5.41) is 10.9. The molecule has 0 saturated carbocycles. The quantitative estimate of drug-likeness (QED) is 0.483. The highest BCUT2D eigenvalue weighted by atomic mass is 16.5. The number of phenolic OH excluding ortho intramolecular Hbond substituents is 1. The SMILES string of the molecule is C=C[C@H]1CN2CC[C@H]1CC2[C@H](OC(=O)c1ccccc1)c1ccnc2ccc(O)cc12. The van der Waals surface area contributed by atoms with Crippen LogP contribution in [0.5, 0.6) is 5.75 Å². The molecule has 158 valence electrons. The minimum atomic E-state index is -0.450. The van der Waals surface area contributed by atoms with Gasteiger partial charge in [-0.3, -0.25) is 9.88 Å². The van der Waals surface area contributed by atoms with Crippen LogP contribution < -0.4 is 0 Å². The zero-order valence-electron chi connectivity index (χ0n) is 17.4. The van der Waals surface area contributed by atoms with Crippen molar-refractivity contribution < 1.29 is 14.6 Å². The number of phenols is 1. The van der Waals surface area contributed by atoms with Crippen molar-refractivity contribution in [2.75, 3.05) is 13.1 Å². The molecule has 31 heavy (non-hydrogen) atoms. The minimum absolute atomic E-state index is 0.0792. The van der Waals surface area contributed by atoms with E-state index in [9.17, 15) is 9.90 Å². The molecule has 2 unspecified atom stereocenters. The van der Waals surface area contributed by atoms with E-state index in [2.05, 4.69) is 22.5 Å². The van der Waals surface area contributed by atoms with Crippen molar-refractivity contribution >= 4 is 16.9 Å². The van der Waals surface area contributed by atoms with Crippen LogP contribution in [0.4, 0.5) is 0 Å². The number of ether oxygens (including phenoxy) is 1. The van der Waals surface area contributed by atoms with E-state index >= 15 is 0 Å². The summed E-state index contributed by atoms with van der Waals surface area (Å²) in [4.78, 5) is 20.0. The van der Waals surface area contributed by atoms with Gasteiger partial charge in [0.2, 0.25) is 0 Å². The van der Waals surface area contributed by atoms with E-state index in [0.717, 1.165) is 42.4 Å². The molecule has 5 nitrogen and oxygen atoms in total. The summed E-state index contributed by atoms with van der Waals surface area (Å²) in [6.07, 6.45) is 5.46. The molecule has 0 amide bonds. The van der Waals surface area contributed by atoms with Gasteiger partial charge in [-0.2, -0.15) is 0 Å². The van der Waals surface area contributed by atoms with Gasteiger partial charge < -0.3 is 9.84 Å². The van der Waals surface area contributed by atoms with Crippen molar-refractivity contribution in [3.8, 4) is 5.75 Å². The van der Waals surface area contributed by atoms with E-state index in [4.69, 9.17) is 4.74 Å². The van der Waals surface area contributed by atoms with E-state index in [1.165, 1.54) is 0 Å². The number of hydrogen-bond acceptors (Lipinski definition) is 5. The Morgan fingerprint density at radius 2 is 2.06 bits per heavy atom. The Bertz CT molecular complexity index is 1110. The number of hydrogen-bond donors (Lipinski definition) is 1. The molecule has 3 aliphatic heterocycles. The highest BCUT2D eigenvalue weighted by Crippen LogP contribution is 2.43. The zero-order valence-corrected chi connectivity index (χ0v) is 17.4. The van der Waals surface area contributed by atoms with Gasteiger partial charge in [0.05, 0.1) is 17.1 Å². The lowest BCUT2D eigenvalue weighted by atomic mass is 9.73. The predicted octanol–water partition coefficient (Wildman–Crippen LogP) is 4.73. The van der Waals surface area contributed by atoms with E-state index < -0.39 is 6.10 Å². The van der Waals surface area contributed by atoms with E-state index in [1.807, 2.05) is 24.3 Å². The van der Waals surface area contributed by atoms with Crippen molar-refractivity contribution in [1.29, 1.82) is 0 Å². The summed E-state index contributed by atoms with van der Waals surface area (Å²) in [6.45, 7) is 5.95. The number of esters is 1. The number of carbonyl (C=O) groups is 1. The highest BCUT2D eigenvalue weighted by Gasteiger charge is 2.44. The predicted molar refractivity (Wildman–Crippen MR) is 120 cm³/mol. The van der Waals surface area contributed by atoms with E-state index in [0.29, 0.717) is 17.4 Å². The maximum Gasteiger partial charge on any atom is 0.338 e. The molecule has 2 aromatic carbocycles. The molecule has 1 N–H and O–H groups in total. The summed E-state index contributed by atoms with van der Waals surface area (Å²) in [5.74, 6) is 0.867. The molecular weight excluding hydrogens is 388 g/mol. The lowest BCUT2D eigenvalue weighted by molar-refractivity contribution is -0.0568. The van der Waals surface area contributed by atoms with Gasteiger partial charge in [0.1, 0.15) is 11.9 Å². The van der Waals surface area contributed by atoms with Crippen LogP contribution in [0.25, 0.3) is 10.9 Å². The number of aromatic nitrogens is 1.